The molecule has 0 aromatic heterocycles. The molecule has 1 aliphatic heterocycles. The zero-order valence-corrected chi connectivity index (χ0v) is 12.9. The first kappa shape index (κ1) is 15.4. The lowest BCUT2D eigenvalue weighted by molar-refractivity contribution is -0.122. The summed E-state index contributed by atoms with van der Waals surface area (Å²) in [6, 6.07) is 8.99. The number of carbonyl (C=O) groups excluding carboxylic acids is 1. The van der Waals surface area contributed by atoms with Crippen LogP contribution in [0, 0.1) is 5.82 Å². The van der Waals surface area contributed by atoms with Gasteiger partial charge < -0.3 is 19.5 Å². The van der Waals surface area contributed by atoms with Crippen molar-refractivity contribution in [2.24, 2.45) is 0 Å². The van der Waals surface area contributed by atoms with Gasteiger partial charge in [-0.1, -0.05) is 11.6 Å². The molecule has 5 nitrogen and oxygen atoms in total. The number of halogens is 2. The Morgan fingerprint density at radius 2 is 2.04 bits per heavy atom. The molecule has 1 atom stereocenters. The van der Waals surface area contributed by atoms with Crippen LogP contribution in [0.2, 0.25) is 5.02 Å². The molecular formula is C16H13ClFNO4. The minimum Gasteiger partial charge on any atom is -0.481 e. The molecule has 0 saturated carbocycles. The van der Waals surface area contributed by atoms with Gasteiger partial charge in [0.25, 0.3) is 5.91 Å². The van der Waals surface area contributed by atoms with Crippen LogP contribution in [0.1, 0.15) is 6.92 Å². The van der Waals surface area contributed by atoms with Crippen molar-refractivity contribution in [3.63, 3.8) is 0 Å². The fraction of sp³-hybridized carbons (Fsp3) is 0.188. The molecule has 23 heavy (non-hydrogen) atoms. The van der Waals surface area contributed by atoms with E-state index in [4.69, 9.17) is 25.8 Å². The van der Waals surface area contributed by atoms with Crippen molar-refractivity contribution in [1.82, 2.24) is 0 Å². The van der Waals surface area contributed by atoms with E-state index in [-0.39, 0.29) is 17.7 Å². The van der Waals surface area contributed by atoms with Crippen LogP contribution in [0.25, 0.3) is 0 Å². The highest BCUT2D eigenvalue weighted by atomic mass is 35.5. The number of hydrogen-bond acceptors (Lipinski definition) is 4. The molecule has 0 unspecified atom stereocenters. The van der Waals surface area contributed by atoms with Gasteiger partial charge in [0.05, 0.1) is 5.02 Å². The van der Waals surface area contributed by atoms with Crippen LogP contribution in [0.15, 0.2) is 36.4 Å². The van der Waals surface area contributed by atoms with Crippen LogP contribution in [-0.4, -0.2) is 18.8 Å². The van der Waals surface area contributed by atoms with Crippen LogP contribution in [0.3, 0.4) is 0 Å². The van der Waals surface area contributed by atoms with Crippen LogP contribution in [0.4, 0.5) is 10.1 Å². The quantitative estimate of drug-likeness (QED) is 0.926. The summed E-state index contributed by atoms with van der Waals surface area (Å²) < 4.78 is 29.0. The largest absolute Gasteiger partial charge is 0.481 e. The number of ether oxygens (including phenoxy) is 3. The third kappa shape index (κ3) is 3.48. The van der Waals surface area contributed by atoms with Crippen molar-refractivity contribution in [2.45, 2.75) is 13.0 Å². The average Bonchev–Trinajstić information content (AvgIpc) is 2.98. The molecule has 1 heterocycles. The van der Waals surface area contributed by atoms with Crippen molar-refractivity contribution in [3.05, 3.63) is 47.2 Å². The van der Waals surface area contributed by atoms with Crippen molar-refractivity contribution in [1.29, 1.82) is 0 Å². The molecular weight excluding hydrogens is 325 g/mol. The maximum absolute atomic E-state index is 13.1. The summed E-state index contributed by atoms with van der Waals surface area (Å²) in [5.41, 5.74) is 0.562. The molecule has 1 N–H and O–H groups in total. The van der Waals surface area contributed by atoms with Gasteiger partial charge in [-0.25, -0.2) is 4.39 Å². The van der Waals surface area contributed by atoms with E-state index in [2.05, 4.69) is 5.32 Å². The minimum atomic E-state index is -0.790. The predicted octanol–water partition coefficient (Wildman–Crippen LogP) is 3.61. The second kappa shape index (κ2) is 6.34. The van der Waals surface area contributed by atoms with Gasteiger partial charge in [0.15, 0.2) is 17.6 Å². The summed E-state index contributed by atoms with van der Waals surface area (Å²) in [5.74, 6) is 0.612. The summed E-state index contributed by atoms with van der Waals surface area (Å²) in [6.07, 6.45) is -0.790. The van der Waals surface area contributed by atoms with E-state index < -0.39 is 11.9 Å². The Morgan fingerprint density at radius 3 is 2.83 bits per heavy atom. The van der Waals surface area contributed by atoms with Gasteiger partial charge in [0.2, 0.25) is 6.79 Å². The van der Waals surface area contributed by atoms with E-state index in [0.717, 1.165) is 0 Å². The van der Waals surface area contributed by atoms with Gasteiger partial charge in [-0.15, -0.1) is 0 Å². The summed E-state index contributed by atoms with van der Waals surface area (Å²) in [7, 11) is 0. The Bertz CT molecular complexity index is 753. The highest BCUT2D eigenvalue weighted by Gasteiger charge is 2.18. The number of fused-ring (bicyclic) bond motifs is 1. The topological polar surface area (TPSA) is 56.8 Å². The van der Waals surface area contributed by atoms with Crippen LogP contribution in [0.5, 0.6) is 17.2 Å². The lowest BCUT2D eigenvalue weighted by atomic mass is 10.2. The van der Waals surface area contributed by atoms with E-state index in [0.29, 0.717) is 22.9 Å². The normalized spacial score (nSPS) is 13.5. The number of anilines is 1. The summed E-state index contributed by atoms with van der Waals surface area (Å²) in [5, 5.41) is 2.65. The third-order valence-electron chi connectivity index (χ3n) is 3.21. The zero-order valence-electron chi connectivity index (χ0n) is 12.1. The molecule has 0 aliphatic carbocycles. The smallest absolute Gasteiger partial charge is 0.265 e. The van der Waals surface area contributed by atoms with Crippen LogP contribution in [-0.2, 0) is 4.79 Å². The average molecular weight is 338 g/mol. The zero-order chi connectivity index (χ0) is 16.4. The van der Waals surface area contributed by atoms with Crippen molar-refractivity contribution in [3.8, 4) is 17.2 Å². The highest BCUT2D eigenvalue weighted by Crippen LogP contribution is 2.34. The number of nitrogens with one attached hydrogen (secondary N) is 1. The lowest BCUT2D eigenvalue weighted by Crippen LogP contribution is -2.30. The van der Waals surface area contributed by atoms with E-state index in [1.807, 2.05) is 0 Å². The predicted molar refractivity (Wildman–Crippen MR) is 82.7 cm³/mol. The molecule has 0 radical (unpaired) electrons. The second-order valence-corrected chi connectivity index (χ2v) is 5.30. The van der Waals surface area contributed by atoms with Gasteiger partial charge in [-0.3, -0.25) is 4.79 Å². The summed E-state index contributed by atoms with van der Waals surface area (Å²) in [4.78, 5) is 12.2. The van der Waals surface area contributed by atoms with Crippen molar-refractivity contribution < 1.29 is 23.4 Å². The Hall–Kier alpha value is -2.47. The first-order valence-corrected chi connectivity index (χ1v) is 7.23. The Morgan fingerprint density at radius 1 is 1.26 bits per heavy atom. The first-order valence-electron chi connectivity index (χ1n) is 6.85. The molecule has 7 heteroatoms. The summed E-state index contributed by atoms with van der Waals surface area (Å²) in [6.45, 7) is 1.75. The molecule has 3 rings (SSSR count). The van der Waals surface area contributed by atoms with E-state index in [9.17, 15) is 9.18 Å². The molecule has 2 aromatic carbocycles. The number of rotatable bonds is 4. The number of amides is 1. The molecule has 0 bridgehead atoms. The molecule has 0 fully saturated rings. The highest BCUT2D eigenvalue weighted by molar-refractivity contribution is 6.30. The Labute approximate surface area is 136 Å². The Kier molecular flexibility index (Phi) is 4.25. The van der Waals surface area contributed by atoms with Crippen molar-refractivity contribution >= 4 is 23.2 Å². The standard InChI is InChI=1S/C16H13ClFNO4/c1-9(23-11-3-4-13(18)12(17)7-11)16(20)19-10-2-5-14-15(6-10)22-8-21-14/h2-7,9H,8H2,1H3,(H,19,20)/t9-/m0/s1. The minimum absolute atomic E-state index is 0.0640. The number of carbonyl (C=O) groups is 1. The first-order chi connectivity index (χ1) is 11.0. The molecule has 1 aliphatic rings. The SMILES string of the molecule is C[C@H](Oc1ccc(F)c(Cl)c1)C(=O)Nc1ccc2c(c1)OCO2. The van der Waals surface area contributed by atoms with Crippen LogP contribution >= 0.6 is 11.6 Å². The fourth-order valence-electron chi connectivity index (χ4n) is 2.03. The second-order valence-electron chi connectivity index (χ2n) is 4.89. The summed E-state index contributed by atoms with van der Waals surface area (Å²) >= 11 is 5.68. The molecule has 0 saturated heterocycles. The monoisotopic (exact) mass is 337 g/mol. The molecule has 120 valence electrons. The third-order valence-corrected chi connectivity index (χ3v) is 3.50. The molecule has 1 amide bonds. The fourth-order valence-corrected chi connectivity index (χ4v) is 2.20. The molecule has 2 aromatic rings. The number of hydrogen-bond donors (Lipinski definition) is 1. The lowest BCUT2D eigenvalue weighted by Gasteiger charge is -2.15. The number of benzene rings is 2. The Balaban J connectivity index is 1.64. The maximum atomic E-state index is 13.1. The molecule has 0 spiro atoms. The van der Waals surface area contributed by atoms with Gasteiger partial charge in [0, 0.05) is 17.8 Å². The van der Waals surface area contributed by atoms with Gasteiger partial charge in [-0.2, -0.15) is 0 Å². The van der Waals surface area contributed by atoms with E-state index in [1.165, 1.54) is 18.2 Å². The van der Waals surface area contributed by atoms with Crippen molar-refractivity contribution in [2.75, 3.05) is 12.1 Å². The van der Waals surface area contributed by atoms with Gasteiger partial charge >= 0.3 is 0 Å². The van der Waals surface area contributed by atoms with E-state index >= 15 is 0 Å². The van der Waals surface area contributed by atoms with E-state index in [1.54, 1.807) is 25.1 Å². The maximum Gasteiger partial charge on any atom is 0.265 e. The van der Waals surface area contributed by atoms with Gasteiger partial charge in [-0.05, 0) is 31.2 Å². The van der Waals surface area contributed by atoms with Crippen LogP contribution < -0.4 is 19.5 Å². The van der Waals surface area contributed by atoms with Gasteiger partial charge in [0.1, 0.15) is 11.6 Å².